The van der Waals surface area contributed by atoms with Crippen molar-refractivity contribution in [3.63, 3.8) is 0 Å². The highest BCUT2D eigenvalue weighted by Gasteiger charge is 2.48. The van der Waals surface area contributed by atoms with Crippen LogP contribution in [0.2, 0.25) is 0 Å². The molecular weight excluding hydrogens is 594 g/mol. The van der Waals surface area contributed by atoms with Gasteiger partial charge in [-0.2, -0.15) is 0 Å². The molecule has 12 heteroatoms. The molecule has 1 aliphatic heterocycles. The van der Waals surface area contributed by atoms with Crippen LogP contribution in [0.15, 0.2) is 36.0 Å². The van der Waals surface area contributed by atoms with Gasteiger partial charge in [-0.05, 0) is 85.8 Å². The normalized spacial score (nSPS) is 19.0. The number of imide groups is 1. The van der Waals surface area contributed by atoms with Crippen LogP contribution in [0.5, 0.6) is 0 Å². The number of hydrogen-bond acceptors (Lipinski definition) is 9. The Bertz CT molecular complexity index is 1270. The highest BCUT2D eigenvalue weighted by atomic mass is 16.6. The van der Waals surface area contributed by atoms with E-state index in [1.54, 1.807) is 47.5 Å². The summed E-state index contributed by atoms with van der Waals surface area (Å²) in [6, 6.07) is 7.21. The first-order valence-electron chi connectivity index (χ1n) is 15.9. The van der Waals surface area contributed by atoms with Gasteiger partial charge in [0.2, 0.25) is 5.91 Å². The van der Waals surface area contributed by atoms with Crippen molar-refractivity contribution in [3.05, 3.63) is 41.6 Å². The Labute approximate surface area is 271 Å². The van der Waals surface area contributed by atoms with Crippen molar-refractivity contribution in [1.29, 1.82) is 0 Å². The summed E-state index contributed by atoms with van der Waals surface area (Å²) in [4.78, 5) is 66.9. The first-order valence-corrected chi connectivity index (χ1v) is 15.9. The van der Waals surface area contributed by atoms with Crippen LogP contribution in [0.1, 0.15) is 92.1 Å². The summed E-state index contributed by atoms with van der Waals surface area (Å²) in [6.07, 6.45) is 0.942. The molecule has 0 radical (unpaired) electrons. The minimum atomic E-state index is -1.33. The third-order valence-corrected chi connectivity index (χ3v) is 7.92. The number of carboxylic acids is 1. The molecule has 3 rings (SSSR count). The van der Waals surface area contributed by atoms with Crippen molar-refractivity contribution >= 4 is 29.8 Å². The third-order valence-electron chi connectivity index (χ3n) is 7.92. The fourth-order valence-corrected chi connectivity index (χ4v) is 5.83. The van der Waals surface area contributed by atoms with Gasteiger partial charge >= 0.3 is 12.1 Å². The Morgan fingerprint density at radius 1 is 1.04 bits per heavy atom. The Morgan fingerprint density at radius 2 is 1.70 bits per heavy atom. The number of ether oxygens (including phenoxy) is 3. The molecule has 46 heavy (non-hydrogen) atoms. The van der Waals surface area contributed by atoms with Gasteiger partial charge in [0.1, 0.15) is 23.3 Å². The van der Waals surface area contributed by atoms with Crippen molar-refractivity contribution in [2.24, 2.45) is 5.41 Å². The van der Waals surface area contributed by atoms with Crippen LogP contribution in [-0.4, -0.2) is 82.4 Å². The van der Waals surface area contributed by atoms with E-state index in [1.165, 1.54) is 0 Å². The molecule has 0 bridgehead atoms. The summed E-state index contributed by atoms with van der Waals surface area (Å²) in [6.45, 7) is 10.7. The van der Waals surface area contributed by atoms with Crippen molar-refractivity contribution in [3.8, 4) is 0 Å². The second-order valence-electron chi connectivity index (χ2n) is 14.1. The van der Waals surface area contributed by atoms with E-state index in [2.05, 4.69) is 10.6 Å². The molecule has 1 aliphatic carbocycles. The maximum atomic E-state index is 14.0. The zero-order valence-electron chi connectivity index (χ0n) is 27.9. The number of hydrogen-bond donors (Lipinski definition) is 3. The molecule has 0 spiro atoms. The van der Waals surface area contributed by atoms with E-state index in [-0.39, 0.29) is 25.3 Å². The van der Waals surface area contributed by atoms with Gasteiger partial charge in [0.15, 0.2) is 6.04 Å². The minimum absolute atomic E-state index is 0.0947. The fourth-order valence-electron chi connectivity index (χ4n) is 5.83. The van der Waals surface area contributed by atoms with Crippen molar-refractivity contribution in [1.82, 2.24) is 15.5 Å². The molecular formula is C34H49N3O9. The SMILES string of the molecule is CC(C)(C)OC(=O)N(C(=O)[C@@H]1CCCN1)C(=C=O)C(CC1(C(=O)NC(COCc2ccccc2)C(=O)O)CCCC1)OC(C)(C)C. The maximum absolute atomic E-state index is 14.0. The summed E-state index contributed by atoms with van der Waals surface area (Å²) in [5.41, 5.74) is -2.53. The van der Waals surface area contributed by atoms with Gasteiger partial charge in [0, 0.05) is 0 Å². The van der Waals surface area contributed by atoms with E-state index < -0.39 is 58.7 Å². The number of rotatable bonds is 13. The summed E-state index contributed by atoms with van der Waals surface area (Å²) >= 11 is 0. The van der Waals surface area contributed by atoms with E-state index >= 15 is 0 Å². The quantitative estimate of drug-likeness (QED) is 0.267. The smallest absolute Gasteiger partial charge is 0.422 e. The lowest BCUT2D eigenvalue weighted by Gasteiger charge is -2.38. The van der Waals surface area contributed by atoms with Crippen molar-refractivity contribution in [2.45, 2.75) is 122 Å². The molecule has 1 aromatic carbocycles. The summed E-state index contributed by atoms with van der Waals surface area (Å²) < 4.78 is 17.5. The first kappa shape index (κ1) is 36.9. The van der Waals surface area contributed by atoms with Crippen LogP contribution < -0.4 is 10.6 Å². The lowest BCUT2D eigenvalue weighted by molar-refractivity contribution is -0.147. The molecule has 2 aliphatic rings. The average molecular weight is 644 g/mol. The maximum Gasteiger partial charge on any atom is 0.422 e. The highest BCUT2D eigenvalue weighted by Crippen LogP contribution is 2.44. The van der Waals surface area contributed by atoms with Crippen LogP contribution in [0.25, 0.3) is 0 Å². The zero-order valence-corrected chi connectivity index (χ0v) is 27.9. The molecule has 3 amide bonds. The van der Waals surface area contributed by atoms with Crippen molar-refractivity contribution in [2.75, 3.05) is 13.2 Å². The van der Waals surface area contributed by atoms with Crippen molar-refractivity contribution < 1.29 is 43.3 Å². The Balaban J connectivity index is 1.92. The summed E-state index contributed by atoms with van der Waals surface area (Å²) in [5.74, 6) is -0.647. The number of nitrogens with one attached hydrogen (secondary N) is 2. The Hall–Kier alpha value is -3.57. The number of carboxylic acid groups (broad SMARTS) is 1. The van der Waals surface area contributed by atoms with E-state index in [0.29, 0.717) is 50.0 Å². The van der Waals surface area contributed by atoms with E-state index in [4.69, 9.17) is 14.2 Å². The van der Waals surface area contributed by atoms with Gasteiger partial charge in [-0.3, -0.25) is 9.59 Å². The topological polar surface area (TPSA) is 161 Å². The standard InChI is InChI=1S/C34H49N3O9/c1-32(2,3)45-27(26(20-38)37(31(43)46-33(4,5)6)28(39)24-15-12-18-35-24)19-34(16-10-11-17-34)30(42)36-25(29(40)41)22-44-21-23-13-8-7-9-14-23/h7-9,13-14,24-25,27,35H,10-12,15-19,21-22H2,1-6H3,(H,36,42)(H,40,41)/t24-,25?,27?/m0/s1. The van der Waals surface area contributed by atoms with Gasteiger partial charge in [0.05, 0.1) is 30.3 Å². The number of benzene rings is 1. The van der Waals surface area contributed by atoms with Crippen LogP contribution in [0.4, 0.5) is 4.79 Å². The Kier molecular flexibility index (Phi) is 12.7. The summed E-state index contributed by atoms with van der Waals surface area (Å²) in [7, 11) is 0. The zero-order chi connectivity index (χ0) is 34.1. The Morgan fingerprint density at radius 3 is 2.22 bits per heavy atom. The predicted molar refractivity (Wildman–Crippen MR) is 169 cm³/mol. The molecule has 1 aromatic rings. The van der Waals surface area contributed by atoms with Gasteiger partial charge in [-0.25, -0.2) is 19.3 Å². The number of nitrogens with zero attached hydrogens (tertiary/aromatic N) is 1. The number of carbonyl (C=O) groups is 4. The predicted octanol–water partition coefficient (Wildman–Crippen LogP) is 4.14. The summed E-state index contributed by atoms with van der Waals surface area (Å²) in [5, 5.41) is 15.6. The second kappa shape index (κ2) is 15.8. The molecule has 1 saturated carbocycles. The first-order chi connectivity index (χ1) is 21.5. The minimum Gasteiger partial charge on any atom is -0.480 e. The lowest BCUT2D eigenvalue weighted by Crippen LogP contribution is -2.53. The van der Waals surface area contributed by atoms with Gasteiger partial charge < -0.3 is 30.0 Å². The fraction of sp³-hybridized carbons (Fsp3) is 0.647. The number of carbonyl (C=O) groups excluding carboxylic acids is 4. The third kappa shape index (κ3) is 10.5. The molecule has 0 aromatic heterocycles. The molecule has 2 fully saturated rings. The van der Waals surface area contributed by atoms with Crippen LogP contribution in [0, 0.1) is 5.41 Å². The van der Waals surface area contributed by atoms with Gasteiger partial charge in [0.25, 0.3) is 5.91 Å². The molecule has 254 valence electrons. The monoisotopic (exact) mass is 643 g/mol. The molecule has 12 nitrogen and oxygen atoms in total. The highest BCUT2D eigenvalue weighted by molar-refractivity contribution is 5.99. The molecule has 1 heterocycles. The van der Waals surface area contributed by atoms with Gasteiger partial charge in [-0.15, -0.1) is 0 Å². The van der Waals surface area contributed by atoms with E-state index in [0.717, 1.165) is 5.56 Å². The van der Waals surface area contributed by atoms with Crippen LogP contribution >= 0.6 is 0 Å². The lowest BCUT2D eigenvalue weighted by atomic mass is 9.78. The number of aliphatic carboxylic acids is 1. The largest absolute Gasteiger partial charge is 0.480 e. The second-order valence-corrected chi connectivity index (χ2v) is 14.1. The molecule has 3 N–H and O–H groups in total. The number of amides is 3. The van der Waals surface area contributed by atoms with Crippen LogP contribution in [-0.2, 0) is 40.0 Å². The van der Waals surface area contributed by atoms with E-state index in [9.17, 15) is 29.1 Å². The van der Waals surface area contributed by atoms with E-state index in [1.807, 2.05) is 30.3 Å². The average Bonchev–Trinajstić information content (AvgIpc) is 3.67. The van der Waals surface area contributed by atoms with Gasteiger partial charge in [-0.1, -0.05) is 43.2 Å². The molecule has 2 unspecified atom stereocenters. The molecule has 3 atom stereocenters. The van der Waals surface area contributed by atoms with Crippen LogP contribution in [0.3, 0.4) is 0 Å². The molecule has 1 saturated heterocycles.